The van der Waals surface area contributed by atoms with Gasteiger partial charge in [-0.2, -0.15) is 0 Å². The van der Waals surface area contributed by atoms with Gasteiger partial charge < -0.3 is 9.55 Å². The van der Waals surface area contributed by atoms with Gasteiger partial charge in [-0.05, 0) is 43.5 Å². The number of nitrogens with one attached hydrogen (secondary N) is 2. The Labute approximate surface area is 122 Å². The van der Waals surface area contributed by atoms with E-state index in [2.05, 4.69) is 19.9 Å². The molecule has 2 heterocycles. The fourth-order valence-corrected chi connectivity index (χ4v) is 2.75. The molecule has 0 unspecified atom stereocenters. The van der Waals surface area contributed by atoms with Crippen molar-refractivity contribution < 1.29 is 4.79 Å². The van der Waals surface area contributed by atoms with Crippen LogP contribution in [0.2, 0.25) is 0 Å². The molecule has 0 spiro atoms. The average molecular weight is 280 g/mol. The van der Waals surface area contributed by atoms with Gasteiger partial charge in [-0.15, -0.1) is 0 Å². The molecule has 1 amide bonds. The van der Waals surface area contributed by atoms with Gasteiger partial charge in [0.15, 0.2) is 0 Å². The van der Waals surface area contributed by atoms with Crippen molar-refractivity contribution in [1.82, 2.24) is 14.5 Å². The van der Waals surface area contributed by atoms with Gasteiger partial charge in [0.1, 0.15) is 5.69 Å². The Balaban J connectivity index is 1.59. The molecular formula is C16H16N4O. The second kappa shape index (κ2) is 4.77. The van der Waals surface area contributed by atoms with E-state index >= 15 is 0 Å². The van der Waals surface area contributed by atoms with E-state index in [0.717, 1.165) is 23.9 Å². The van der Waals surface area contributed by atoms with E-state index in [4.69, 9.17) is 0 Å². The largest absolute Gasteiger partial charge is 0.340 e. The molecule has 0 saturated heterocycles. The highest BCUT2D eigenvalue weighted by molar-refractivity contribution is 6.02. The van der Waals surface area contributed by atoms with Crippen LogP contribution >= 0.6 is 0 Å². The topological polar surface area (TPSA) is 62.7 Å². The van der Waals surface area contributed by atoms with E-state index in [-0.39, 0.29) is 5.91 Å². The molecule has 1 fully saturated rings. The first-order chi connectivity index (χ1) is 10.3. The molecule has 2 aromatic heterocycles. The second-order valence-electron chi connectivity index (χ2n) is 5.44. The van der Waals surface area contributed by atoms with Crippen molar-refractivity contribution in [1.29, 1.82) is 0 Å². The molecule has 1 saturated carbocycles. The monoisotopic (exact) mass is 280 g/mol. The number of rotatable bonds is 3. The van der Waals surface area contributed by atoms with Gasteiger partial charge >= 0.3 is 0 Å². The van der Waals surface area contributed by atoms with Crippen LogP contribution in [0.25, 0.3) is 11.0 Å². The molecule has 0 aliphatic heterocycles. The number of carbonyl (C=O) groups excluding carboxylic acids is 1. The zero-order chi connectivity index (χ0) is 14.2. The minimum absolute atomic E-state index is 0.119. The smallest absolute Gasteiger partial charge is 0.274 e. The molecule has 0 atom stereocenters. The molecule has 1 aliphatic rings. The third kappa shape index (κ3) is 2.11. The summed E-state index contributed by atoms with van der Waals surface area (Å²) in [5.41, 5.74) is 2.46. The summed E-state index contributed by atoms with van der Waals surface area (Å²) in [5.74, 6) is 0.369. The van der Waals surface area contributed by atoms with Crippen molar-refractivity contribution in [3.63, 3.8) is 0 Å². The molecule has 5 nitrogen and oxygen atoms in total. The van der Waals surface area contributed by atoms with Crippen LogP contribution in [-0.2, 0) is 0 Å². The van der Waals surface area contributed by atoms with Gasteiger partial charge in [-0.1, -0.05) is 12.1 Å². The van der Waals surface area contributed by atoms with Crippen LogP contribution in [0.15, 0.2) is 42.6 Å². The predicted octanol–water partition coefficient (Wildman–Crippen LogP) is 3.34. The van der Waals surface area contributed by atoms with Crippen LogP contribution in [-0.4, -0.2) is 20.4 Å². The summed E-state index contributed by atoms with van der Waals surface area (Å²) in [6.45, 7) is 0. The minimum Gasteiger partial charge on any atom is -0.340 e. The zero-order valence-corrected chi connectivity index (χ0v) is 11.5. The number of para-hydroxylation sites is 2. The van der Waals surface area contributed by atoms with Crippen LogP contribution in [0.4, 0.5) is 5.95 Å². The van der Waals surface area contributed by atoms with Crippen molar-refractivity contribution in [2.45, 2.75) is 25.3 Å². The van der Waals surface area contributed by atoms with E-state index in [0.29, 0.717) is 17.7 Å². The highest BCUT2D eigenvalue weighted by atomic mass is 16.2. The third-order valence-corrected chi connectivity index (χ3v) is 4.10. The number of benzene rings is 1. The molecule has 2 N–H and O–H groups in total. The lowest BCUT2D eigenvalue weighted by atomic mass is 9.93. The predicted molar refractivity (Wildman–Crippen MR) is 81.4 cm³/mol. The van der Waals surface area contributed by atoms with E-state index in [9.17, 15) is 4.79 Å². The summed E-state index contributed by atoms with van der Waals surface area (Å²) in [5, 5.41) is 2.85. The Morgan fingerprint density at radius 2 is 2.10 bits per heavy atom. The molecule has 5 heteroatoms. The van der Waals surface area contributed by atoms with Crippen LogP contribution in [0.3, 0.4) is 0 Å². The first-order valence-corrected chi connectivity index (χ1v) is 7.24. The lowest BCUT2D eigenvalue weighted by molar-refractivity contribution is 0.101. The summed E-state index contributed by atoms with van der Waals surface area (Å²) < 4.78 is 2.07. The standard InChI is InChI=1S/C16H16N4O/c21-15(14-9-4-10-20(14)11-5-3-6-11)19-16-17-12-7-1-2-8-13(12)18-16/h1-2,4,7-11H,3,5-6H2,(H2,17,18,19,21). The summed E-state index contributed by atoms with van der Waals surface area (Å²) >= 11 is 0. The van der Waals surface area contributed by atoms with Gasteiger partial charge in [0.2, 0.25) is 5.95 Å². The summed E-state index contributed by atoms with van der Waals surface area (Å²) in [7, 11) is 0. The third-order valence-electron chi connectivity index (χ3n) is 4.10. The van der Waals surface area contributed by atoms with Gasteiger partial charge in [-0.25, -0.2) is 4.98 Å². The first-order valence-electron chi connectivity index (χ1n) is 7.24. The van der Waals surface area contributed by atoms with Gasteiger partial charge in [0, 0.05) is 12.2 Å². The molecule has 21 heavy (non-hydrogen) atoms. The number of aromatic amines is 1. The Morgan fingerprint density at radius 3 is 2.86 bits per heavy atom. The minimum atomic E-state index is -0.119. The Hall–Kier alpha value is -2.56. The number of hydrogen-bond acceptors (Lipinski definition) is 2. The highest BCUT2D eigenvalue weighted by Crippen LogP contribution is 2.32. The van der Waals surface area contributed by atoms with Gasteiger partial charge in [0.05, 0.1) is 11.0 Å². The second-order valence-corrected chi connectivity index (χ2v) is 5.44. The Kier molecular flexibility index (Phi) is 2.77. The number of carbonyl (C=O) groups is 1. The maximum atomic E-state index is 12.4. The SMILES string of the molecule is O=C(Nc1nc2ccccc2[nH]1)c1cccn1C1CCC1. The molecule has 0 bridgehead atoms. The number of imidazole rings is 1. The summed E-state index contributed by atoms with van der Waals surface area (Å²) in [6.07, 6.45) is 5.53. The first kappa shape index (κ1) is 12.2. The van der Waals surface area contributed by atoms with E-state index in [1.54, 1.807) is 0 Å². The van der Waals surface area contributed by atoms with E-state index in [1.165, 1.54) is 6.42 Å². The van der Waals surface area contributed by atoms with Gasteiger partial charge in [0.25, 0.3) is 5.91 Å². The molecule has 106 valence electrons. The van der Waals surface area contributed by atoms with Crippen molar-refractivity contribution >= 4 is 22.9 Å². The van der Waals surface area contributed by atoms with Crippen LogP contribution < -0.4 is 5.32 Å². The van der Waals surface area contributed by atoms with Crippen molar-refractivity contribution in [3.8, 4) is 0 Å². The molecule has 0 radical (unpaired) electrons. The molecular weight excluding hydrogens is 264 g/mol. The number of aromatic nitrogens is 3. The van der Waals surface area contributed by atoms with Crippen LogP contribution in [0.1, 0.15) is 35.8 Å². The van der Waals surface area contributed by atoms with Crippen molar-refractivity contribution in [2.75, 3.05) is 5.32 Å². The van der Waals surface area contributed by atoms with Gasteiger partial charge in [-0.3, -0.25) is 10.1 Å². The average Bonchev–Trinajstić information content (AvgIpc) is 3.02. The lowest BCUT2D eigenvalue weighted by Gasteiger charge is -2.28. The number of amides is 1. The Morgan fingerprint density at radius 1 is 1.24 bits per heavy atom. The van der Waals surface area contributed by atoms with E-state index in [1.807, 2.05) is 42.6 Å². The number of hydrogen-bond donors (Lipinski definition) is 2. The summed E-state index contributed by atoms with van der Waals surface area (Å²) in [6, 6.07) is 12.0. The van der Waals surface area contributed by atoms with Crippen LogP contribution in [0, 0.1) is 0 Å². The van der Waals surface area contributed by atoms with Crippen molar-refractivity contribution in [3.05, 3.63) is 48.3 Å². The number of H-pyrrole nitrogens is 1. The molecule has 1 aliphatic carbocycles. The fourth-order valence-electron chi connectivity index (χ4n) is 2.75. The van der Waals surface area contributed by atoms with Crippen LogP contribution in [0.5, 0.6) is 0 Å². The number of anilines is 1. The van der Waals surface area contributed by atoms with E-state index < -0.39 is 0 Å². The maximum absolute atomic E-state index is 12.4. The molecule has 1 aromatic carbocycles. The normalized spacial score (nSPS) is 15.0. The van der Waals surface area contributed by atoms with Crippen molar-refractivity contribution in [2.24, 2.45) is 0 Å². The molecule has 3 aromatic rings. The molecule has 4 rings (SSSR count). The summed E-state index contributed by atoms with van der Waals surface area (Å²) in [4.78, 5) is 19.9. The zero-order valence-electron chi connectivity index (χ0n) is 11.5. The Bertz CT molecular complexity index is 764. The fraction of sp³-hybridized carbons (Fsp3) is 0.250. The lowest BCUT2D eigenvalue weighted by Crippen LogP contribution is -2.23. The quantitative estimate of drug-likeness (QED) is 0.773. The number of nitrogens with zero attached hydrogens (tertiary/aromatic N) is 2. The maximum Gasteiger partial charge on any atom is 0.274 e. The number of fused-ring (bicyclic) bond motifs is 1. The highest BCUT2D eigenvalue weighted by Gasteiger charge is 2.23.